The van der Waals surface area contributed by atoms with Crippen LogP contribution < -0.4 is 10.1 Å². The van der Waals surface area contributed by atoms with Crippen molar-refractivity contribution in [2.24, 2.45) is 5.92 Å². The lowest BCUT2D eigenvalue weighted by Gasteiger charge is -2.31. The molecule has 2 aromatic carbocycles. The molecule has 1 aliphatic heterocycles. The Balaban J connectivity index is 1.68. The molecule has 2 atom stereocenters. The van der Waals surface area contributed by atoms with E-state index >= 15 is 0 Å². The van der Waals surface area contributed by atoms with Crippen molar-refractivity contribution < 1.29 is 27.9 Å². The third kappa shape index (κ3) is 5.62. The second kappa shape index (κ2) is 9.93. The van der Waals surface area contributed by atoms with Gasteiger partial charge in [0, 0.05) is 19.5 Å². The minimum absolute atomic E-state index is 0.0118. The topological polar surface area (TPSA) is 113 Å². The minimum atomic E-state index is -3.77. The van der Waals surface area contributed by atoms with Gasteiger partial charge in [-0.2, -0.15) is 4.31 Å². The van der Waals surface area contributed by atoms with E-state index in [1.807, 2.05) is 6.07 Å². The summed E-state index contributed by atoms with van der Waals surface area (Å²) in [7, 11) is -2.27. The molecule has 9 heteroatoms. The van der Waals surface area contributed by atoms with Crippen LogP contribution in [0.2, 0.25) is 0 Å². The lowest BCUT2D eigenvalue weighted by atomic mass is 9.97. The van der Waals surface area contributed by atoms with Crippen LogP contribution in [-0.2, 0) is 26.0 Å². The summed E-state index contributed by atoms with van der Waals surface area (Å²) in [6, 6.07) is 14.0. The molecule has 31 heavy (non-hydrogen) atoms. The first kappa shape index (κ1) is 22.8. The predicted octanol–water partition coefficient (Wildman–Crippen LogP) is 1.91. The van der Waals surface area contributed by atoms with Crippen LogP contribution in [0.3, 0.4) is 0 Å². The third-order valence-electron chi connectivity index (χ3n) is 5.35. The highest BCUT2D eigenvalue weighted by molar-refractivity contribution is 7.89. The summed E-state index contributed by atoms with van der Waals surface area (Å²) in [5, 5.41) is 12.1. The van der Waals surface area contributed by atoms with Gasteiger partial charge in [0.15, 0.2) is 0 Å². The molecule has 1 saturated heterocycles. The number of carbonyl (C=O) groups excluding carboxylic acids is 1. The molecule has 0 spiro atoms. The Morgan fingerprint density at radius 2 is 1.84 bits per heavy atom. The van der Waals surface area contributed by atoms with Gasteiger partial charge in [-0.15, -0.1) is 0 Å². The summed E-state index contributed by atoms with van der Waals surface area (Å²) >= 11 is 0. The van der Waals surface area contributed by atoms with Crippen molar-refractivity contribution in [3.8, 4) is 5.75 Å². The molecular formula is C22H26N2O6S. The third-order valence-corrected chi connectivity index (χ3v) is 7.23. The highest BCUT2D eigenvalue weighted by Gasteiger charge is 2.34. The molecule has 1 amide bonds. The van der Waals surface area contributed by atoms with Crippen molar-refractivity contribution in [3.63, 3.8) is 0 Å². The van der Waals surface area contributed by atoms with E-state index in [0.717, 1.165) is 5.56 Å². The molecule has 1 aliphatic rings. The highest BCUT2D eigenvalue weighted by Crippen LogP contribution is 2.25. The molecule has 1 fully saturated rings. The molecule has 0 saturated carbocycles. The van der Waals surface area contributed by atoms with Gasteiger partial charge in [-0.3, -0.25) is 4.79 Å². The standard InChI is InChI=1S/C22H26N2O6S/c1-30-18-9-11-19(12-10-18)31(28,29)24-13-5-8-17(15-24)21(25)23-20(22(26)27)14-16-6-3-2-4-7-16/h2-4,6-7,9-12,17,20H,5,8,13-15H2,1H3,(H,23,25)(H,26,27)/t17?,20-/m0/s1. The second-order valence-electron chi connectivity index (χ2n) is 7.47. The minimum Gasteiger partial charge on any atom is -0.497 e. The van der Waals surface area contributed by atoms with E-state index < -0.39 is 33.9 Å². The van der Waals surface area contributed by atoms with Crippen molar-refractivity contribution in [1.29, 1.82) is 0 Å². The zero-order valence-corrected chi connectivity index (χ0v) is 18.0. The normalized spacial score (nSPS) is 18.2. The van der Waals surface area contributed by atoms with Crippen molar-refractivity contribution in [1.82, 2.24) is 9.62 Å². The number of rotatable bonds is 8. The van der Waals surface area contributed by atoms with E-state index in [4.69, 9.17) is 4.74 Å². The van der Waals surface area contributed by atoms with E-state index in [2.05, 4.69) is 5.32 Å². The molecule has 0 aliphatic carbocycles. The maximum atomic E-state index is 13.0. The summed E-state index contributed by atoms with van der Waals surface area (Å²) in [5.74, 6) is -1.64. The Morgan fingerprint density at radius 3 is 2.45 bits per heavy atom. The number of hydrogen-bond acceptors (Lipinski definition) is 5. The van der Waals surface area contributed by atoms with Gasteiger partial charge in [-0.1, -0.05) is 30.3 Å². The number of carbonyl (C=O) groups is 2. The molecule has 0 bridgehead atoms. The number of methoxy groups -OCH3 is 1. The van der Waals surface area contributed by atoms with Gasteiger partial charge in [0.05, 0.1) is 17.9 Å². The monoisotopic (exact) mass is 446 g/mol. The molecule has 1 heterocycles. The molecule has 3 rings (SSSR count). The zero-order valence-electron chi connectivity index (χ0n) is 17.2. The highest BCUT2D eigenvalue weighted by atomic mass is 32.2. The Kier molecular flexibility index (Phi) is 7.29. The molecule has 166 valence electrons. The van der Waals surface area contributed by atoms with Crippen molar-refractivity contribution in [2.45, 2.75) is 30.2 Å². The van der Waals surface area contributed by atoms with Crippen molar-refractivity contribution in [3.05, 3.63) is 60.2 Å². The van der Waals surface area contributed by atoms with Gasteiger partial charge in [0.1, 0.15) is 11.8 Å². The number of amides is 1. The number of benzene rings is 2. The number of piperidine rings is 1. The summed E-state index contributed by atoms with van der Waals surface area (Å²) in [5.41, 5.74) is 0.794. The van der Waals surface area contributed by atoms with Crippen LogP contribution in [0.1, 0.15) is 18.4 Å². The van der Waals surface area contributed by atoms with Gasteiger partial charge in [0.2, 0.25) is 15.9 Å². The Labute approximate surface area is 181 Å². The summed E-state index contributed by atoms with van der Waals surface area (Å²) < 4.78 is 32.3. The maximum absolute atomic E-state index is 13.0. The first-order chi connectivity index (χ1) is 14.8. The number of hydrogen-bond donors (Lipinski definition) is 2. The van der Waals surface area contributed by atoms with E-state index in [9.17, 15) is 23.1 Å². The molecule has 8 nitrogen and oxygen atoms in total. The van der Waals surface area contributed by atoms with Crippen LogP contribution in [0.25, 0.3) is 0 Å². The van der Waals surface area contributed by atoms with Crippen LogP contribution in [-0.4, -0.2) is 55.9 Å². The Hall–Kier alpha value is -2.91. The number of carboxylic acids is 1. The predicted molar refractivity (Wildman–Crippen MR) is 114 cm³/mol. The fourth-order valence-electron chi connectivity index (χ4n) is 3.61. The average Bonchev–Trinajstić information content (AvgIpc) is 2.79. The molecule has 0 radical (unpaired) electrons. The molecular weight excluding hydrogens is 420 g/mol. The summed E-state index contributed by atoms with van der Waals surface area (Å²) in [6.07, 6.45) is 1.17. The largest absolute Gasteiger partial charge is 0.497 e. The van der Waals surface area contributed by atoms with Gasteiger partial charge in [0.25, 0.3) is 0 Å². The Morgan fingerprint density at radius 1 is 1.16 bits per heavy atom. The van der Waals surface area contributed by atoms with E-state index in [1.54, 1.807) is 36.4 Å². The second-order valence-corrected chi connectivity index (χ2v) is 9.40. The van der Waals surface area contributed by atoms with E-state index in [0.29, 0.717) is 25.1 Å². The molecule has 0 aromatic heterocycles. The quantitative estimate of drug-likeness (QED) is 0.641. The first-order valence-electron chi connectivity index (χ1n) is 10.0. The van der Waals surface area contributed by atoms with Gasteiger partial charge in [-0.05, 0) is 42.7 Å². The molecule has 1 unspecified atom stereocenters. The van der Waals surface area contributed by atoms with Crippen LogP contribution in [0.15, 0.2) is 59.5 Å². The summed E-state index contributed by atoms with van der Waals surface area (Å²) in [6.45, 7) is 0.322. The van der Waals surface area contributed by atoms with Crippen molar-refractivity contribution in [2.75, 3.05) is 20.2 Å². The average molecular weight is 447 g/mol. The summed E-state index contributed by atoms with van der Waals surface area (Å²) in [4.78, 5) is 24.6. The Bertz CT molecular complexity index is 1010. The molecule has 2 N–H and O–H groups in total. The fraction of sp³-hybridized carbons (Fsp3) is 0.364. The van der Waals surface area contributed by atoms with Gasteiger partial charge >= 0.3 is 5.97 Å². The van der Waals surface area contributed by atoms with Crippen LogP contribution in [0, 0.1) is 5.92 Å². The van der Waals surface area contributed by atoms with Gasteiger partial charge in [-0.25, -0.2) is 13.2 Å². The first-order valence-corrected chi connectivity index (χ1v) is 11.5. The fourth-order valence-corrected chi connectivity index (χ4v) is 5.13. The van der Waals surface area contributed by atoms with Crippen LogP contribution >= 0.6 is 0 Å². The van der Waals surface area contributed by atoms with Crippen LogP contribution in [0.5, 0.6) is 5.75 Å². The number of ether oxygens (including phenoxy) is 1. The maximum Gasteiger partial charge on any atom is 0.326 e. The lowest BCUT2D eigenvalue weighted by Crippen LogP contribution is -2.50. The smallest absolute Gasteiger partial charge is 0.326 e. The number of nitrogens with zero attached hydrogens (tertiary/aromatic N) is 1. The zero-order chi connectivity index (χ0) is 22.4. The van der Waals surface area contributed by atoms with E-state index in [-0.39, 0.29) is 17.9 Å². The number of carboxylic acid groups (broad SMARTS) is 1. The van der Waals surface area contributed by atoms with Crippen LogP contribution in [0.4, 0.5) is 0 Å². The number of nitrogens with one attached hydrogen (secondary N) is 1. The van der Waals surface area contributed by atoms with Crippen molar-refractivity contribution >= 4 is 21.9 Å². The SMILES string of the molecule is COc1ccc(S(=O)(=O)N2CCCC(C(=O)N[C@@H](Cc3ccccc3)C(=O)O)C2)cc1. The number of sulfonamides is 1. The number of aliphatic carboxylic acids is 1. The molecule has 2 aromatic rings. The van der Waals surface area contributed by atoms with Gasteiger partial charge < -0.3 is 15.2 Å². The van der Waals surface area contributed by atoms with E-state index in [1.165, 1.54) is 23.5 Å². The lowest BCUT2D eigenvalue weighted by molar-refractivity contribution is -0.142.